The first kappa shape index (κ1) is 16.0. The molecule has 3 atom stereocenters. The van der Waals surface area contributed by atoms with Crippen molar-refractivity contribution in [1.29, 1.82) is 0 Å². The first-order valence-corrected chi connectivity index (χ1v) is 7.86. The van der Waals surface area contributed by atoms with Crippen molar-refractivity contribution in [3.05, 3.63) is 0 Å². The van der Waals surface area contributed by atoms with E-state index in [9.17, 15) is 0 Å². The van der Waals surface area contributed by atoms with Gasteiger partial charge in [-0.2, -0.15) is 0 Å². The van der Waals surface area contributed by atoms with Gasteiger partial charge in [0.15, 0.2) is 0 Å². The third-order valence-corrected chi connectivity index (χ3v) is 5.04. The van der Waals surface area contributed by atoms with Gasteiger partial charge in [-0.3, -0.25) is 0 Å². The summed E-state index contributed by atoms with van der Waals surface area (Å²) in [5, 5.41) is 3.88. The van der Waals surface area contributed by atoms with Crippen LogP contribution in [0.3, 0.4) is 0 Å². The summed E-state index contributed by atoms with van der Waals surface area (Å²) in [4.78, 5) is 0. The Morgan fingerprint density at radius 2 is 1.56 bits per heavy atom. The van der Waals surface area contributed by atoms with E-state index in [2.05, 4.69) is 53.8 Å². The standard InChI is InChI=1S/C17H35N/c1-13(16(2,3)4)12-18-15-11-9-8-10-14(15)17(5,6)7/h13-15,18H,8-12H2,1-7H3. The maximum Gasteiger partial charge on any atom is 0.0100 e. The zero-order valence-corrected chi connectivity index (χ0v) is 13.8. The number of rotatable bonds is 3. The quantitative estimate of drug-likeness (QED) is 0.757. The molecule has 108 valence electrons. The molecular formula is C17H35N. The van der Waals surface area contributed by atoms with Gasteiger partial charge in [0, 0.05) is 6.04 Å². The van der Waals surface area contributed by atoms with E-state index in [-0.39, 0.29) is 0 Å². The molecule has 1 nitrogen and oxygen atoms in total. The van der Waals surface area contributed by atoms with Gasteiger partial charge in [0.2, 0.25) is 0 Å². The molecule has 1 N–H and O–H groups in total. The molecule has 0 aliphatic heterocycles. The number of nitrogens with one attached hydrogen (secondary N) is 1. The summed E-state index contributed by atoms with van der Waals surface area (Å²) in [7, 11) is 0. The Hall–Kier alpha value is -0.0400. The Morgan fingerprint density at radius 1 is 1.00 bits per heavy atom. The van der Waals surface area contributed by atoms with Crippen molar-refractivity contribution >= 4 is 0 Å². The minimum Gasteiger partial charge on any atom is -0.313 e. The van der Waals surface area contributed by atoms with Gasteiger partial charge in [-0.1, -0.05) is 61.3 Å². The van der Waals surface area contributed by atoms with E-state index in [0.717, 1.165) is 17.9 Å². The molecule has 3 unspecified atom stereocenters. The van der Waals surface area contributed by atoms with Crippen LogP contribution >= 0.6 is 0 Å². The number of hydrogen-bond acceptors (Lipinski definition) is 1. The monoisotopic (exact) mass is 253 g/mol. The van der Waals surface area contributed by atoms with Crippen LogP contribution in [-0.4, -0.2) is 12.6 Å². The Bertz CT molecular complexity index is 243. The summed E-state index contributed by atoms with van der Waals surface area (Å²) >= 11 is 0. The van der Waals surface area contributed by atoms with Crippen LogP contribution in [0.25, 0.3) is 0 Å². The topological polar surface area (TPSA) is 12.0 Å². The van der Waals surface area contributed by atoms with Gasteiger partial charge in [0.25, 0.3) is 0 Å². The van der Waals surface area contributed by atoms with Gasteiger partial charge >= 0.3 is 0 Å². The Balaban J connectivity index is 2.53. The Morgan fingerprint density at radius 3 is 2.06 bits per heavy atom. The molecule has 1 saturated carbocycles. The maximum absolute atomic E-state index is 3.88. The fraction of sp³-hybridized carbons (Fsp3) is 1.00. The summed E-state index contributed by atoms with van der Waals surface area (Å²) in [6, 6.07) is 0.739. The van der Waals surface area contributed by atoms with Crippen LogP contribution in [0.4, 0.5) is 0 Å². The van der Waals surface area contributed by atoms with Gasteiger partial charge in [0.1, 0.15) is 0 Å². The average Bonchev–Trinajstić information content (AvgIpc) is 2.23. The highest BCUT2D eigenvalue weighted by Gasteiger charge is 2.34. The van der Waals surface area contributed by atoms with Crippen LogP contribution in [0.1, 0.15) is 74.1 Å². The van der Waals surface area contributed by atoms with E-state index in [0.29, 0.717) is 10.8 Å². The normalized spacial score (nSPS) is 28.2. The van der Waals surface area contributed by atoms with Crippen molar-refractivity contribution < 1.29 is 0 Å². The van der Waals surface area contributed by atoms with Crippen LogP contribution in [0, 0.1) is 22.7 Å². The lowest BCUT2D eigenvalue weighted by atomic mass is 9.69. The van der Waals surface area contributed by atoms with Crippen LogP contribution in [-0.2, 0) is 0 Å². The van der Waals surface area contributed by atoms with Crippen LogP contribution in [0.15, 0.2) is 0 Å². The molecule has 0 radical (unpaired) electrons. The van der Waals surface area contributed by atoms with E-state index in [1.165, 1.54) is 32.2 Å². The molecule has 18 heavy (non-hydrogen) atoms. The van der Waals surface area contributed by atoms with Crippen molar-refractivity contribution in [3.8, 4) is 0 Å². The van der Waals surface area contributed by atoms with Gasteiger partial charge in [-0.25, -0.2) is 0 Å². The first-order valence-electron chi connectivity index (χ1n) is 7.86. The van der Waals surface area contributed by atoms with Crippen molar-refractivity contribution in [3.63, 3.8) is 0 Å². The second kappa shape index (κ2) is 5.94. The third kappa shape index (κ3) is 4.57. The second-order valence-corrected chi connectivity index (χ2v) is 8.54. The molecule has 1 aliphatic rings. The molecule has 0 heterocycles. The molecule has 0 spiro atoms. The molecule has 0 amide bonds. The van der Waals surface area contributed by atoms with Gasteiger partial charge < -0.3 is 5.32 Å². The smallest absolute Gasteiger partial charge is 0.0100 e. The fourth-order valence-electron chi connectivity index (χ4n) is 3.05. The molecule has 0 aromatic rings. The summed E-state index contributed by atoms with van der Waals surface area (Å²) in [6.45, 7) is 17.8. The zero-order valence-electron chi connectivity index (χ0n) is 13.8. The Labute approximate surface area is 115 Å². The van der Waals surface area contributed by atoms with Gasteiger partial charge in [-0.05, 0) is 42.1 Å². The summed E-state index contributed by atoms with van der Waals surface area (Å²) in [6.07, 6.45) is 5.62. The largest absolute Gasteiger partial charge is 0.313 e. The van der Waals surface area contributed by atoms with E-state index in [1.54, 1.807) is 0 Å². The molecule has 1 rings (SSSR count). The van der Waals surface area contributed by atoms with Crippen LogP contribution in [0.5, 0.6) is 0 Å². The Kier molecular flexibility index (Phi) is 5.29. The van der Waals surface area contributed by atoms with E-state index >= 15 is 0 Å². The zero-order chi connectivity index (χ0) is 14.0. The van der Waals surface area contributed by atoms with Crippen molar-refractivity contribution in [2.75, 3.05) is 6.54 Å². The van der Waals surface area contributed by atoms with E-state index in [4.69, 9.17) is 0 Å². The van der Waals surface area contributed by atoms with Crippen molar-refractivity contribution in [1.82, 2.24) is 5.32 Å². The first-order chi connectivity index (χ1) is 8.12. The number of hydrogen-bond donors (Lipinski definition) is 1. The third-order valence-electron chi connectivity index (χ3n) is 5.04. The summed E-state index contributed by atoms with van der Waals surface area (Å²) in [5.41, 5.74) is 0.863. The van der Waals surface area contributed by atoms with E-state index < -0.39 is 0 Å². The molecule has 1 fully saturated rings. The SMILES string of the molecule is CC(CNC1CCCCC1C(C)(C)C)C(C)(C)C. The predicted molar refractivity (Wildman–Crippen MR) is 81.8 cm³/mol. The van der Waals surface area contributed by atoms with Crippen molar-refractivity contribution in [2.24, 2.45) is 22.7 Å². The second-order valence-electron chi connectivity index (χ2n) is 8.54. The summed E-state index contributed by atoms with van der Waals surface area (Å²) < 4.78 is 0. The summed E-state index contributed by atoms with van der Waals surface area (Å²) in [5.74, 6) is 1.58. The van der Waals surface area contributed by atoms with Gasteiger partial charge in [-0.15, -0.1) is 0 Å². The van der Waals surface area contributed by atoms with Crippen molar-refractivity contribution in [2.45, 2.75) is 80.2 Å². The minimum atomic E-state index is 0.416. The lowest BCUT2D eigenvalue weighted by Gasteiger charge is -2.42. The molecule has 1 heteroatoms. The lowest BCUT2D eigenvalue weighted by Crippen LogP contribution is -2.46. The predicted octanol–water partition coefficient (Wildman–Crippen LogP) is 4.86. The minimum absolute atomic E-state index is 0.416. The molecular weight excluding hydrogens is 218 g/mol. The van der Waals surface area contributed by atoms with Crippen LogP contribution < -0.4 is 5.32 Å². The lowest BCUT2D eigenvalue weighted by molar-refractivity contribution is 0.121. The van der Waals surface area contributed by atoms with E-state index in [1.807, 2.05) is 0 Å². The molecule has 0 aromatic heterocycles. The average molecular weight is 253 g/mol. The molecule has 1 aliphatic carbocycles. The maximum atomic E-state index is 3.88. The highest BCUT2D eigenvalue weighted by atomic mass is 14.9. The fourth-order valence-corrected chi connectivity index (χ4v) is 3.05. The molecule has 0 saturated heterocycles. The molecule has 0 aromatic carbocycles. The highest BCUT2D eigenvalue weighted by molar-refractivity contribution is 4.89. The highest BCUT2D eigenvalue weighted by Crippen LogP contribution is 2.38. The molecule has 0 bridgehead atoms. The van der Waals surface area contributed by atoms with Crippen LogP contribution in [0.2, 0.25) is 0 Å². The van der Waals surface area contributed by atoms with Gasteiger partial charge in [0.05, 0.1) is 0 Å².